The minimum atomic E-state index is -4.44. The van der Waals surface area contributed by atoms with E-state index in [2.05, 4.69) is 0 Å². The molecule has 0 fully saturated rings. The molecule has 0 spiro atoms. The van der Waals surface area contributed by atoms with Crippen molar-refractivity contribution in [1.82, 2.24) is 0 Å². The number of ether oxygens (including phenoxy) is 1. The first-order valence-corrected chi connectivity index (χ1v) is 6.53. The summed E-state index contributed by atoms with van der Waals surface area (Å²) in [6, 6.07) is 4.37. The molecule has 0 amide bonds. The predicted molar refractivity (Wildman–Crippen MR) is 68.1 cm³/mol. The first-order valence-electron chi connectivity index (χ1n) is 5.71. The lowest BCUT2D eigenvalue weighted by Crippen LogP contribution is -2.10. The molecule has 0 bridgehead atoms. The highest BCUT2D eigenvalue weighted by molar-refractivity contribution is 8.00. The SMILES string of the molecule is CCOC(=O)Cc1cc(C#N)cc(SC(F)(F)F)c1C. The van der Waals surface area contributed by atoms with Crippen LogP contribution in [0.25, 0.3) is 0 Å². The standard InChI is InChI=1S/C13H12F3NO2S/c1-3-19-12(18)6-10-4-9(7-17)5-11(8(10)2)20-13(14,15)16/h4-5H,3,6H2,1-2H3. The Kier molecular flexibility index (Phi) is 5.45. The second-order valence-electron chi connectivity index (χ2n) is 3.90. The largest absolute Gasteiger partial charge is 0.466 e. The summed E-state index contributed by atoms with van der Waals surface area (Å²) in [6.07, 6.45) is -0.152. The van der Waals surface area contributed by atoms with Gasteiger partial charge in [-0.05, 0) is 48.9 Å². The summed E-state index contributed by atoms with van der Waals surface area (Å²) in [5.41, 5.74) is -3.66. The van der Waals surface area contributed by atoms with Crippen molar-refractivity contribution < 1.29 is 22.7 Å². The summed E-state index contributed by atoms with van der Waals surface area (Å²) in [7, 11) is 0. The predicted octanol–water partition coefficient (Wildman–Crippen LogP) is 3.58. The van der Waals surface area contributed by atoms with Crippen LogP contribution < -0.4 is 0 Å². The number of benzene rings is 1. The third-order valence-electron chi connectivity index (χ3n) is 2.46. The number of nitriles is 1. The number of carbonyl (C=O) groups excluding carboxylic acids is 1. The Balaban J connectivity index is 3.15. The Morgan fingerprint density at radius 3 is 2.60 bits per heavy atom. The van der Waals surface area contributed by atoms with Crippen LogP contribution in [0.15, 0.2) is 17.0 Å². The molecular formula is C13H12F3NO2S. The summed E-state index contributed by atoms with van der Waals surface area (Å²) in [5.74, 6) is -0.534. The number of hydrogen-bond acceptors (Lipinski definition) is 4. The van der Waals surface area contributed by atoms with Gasteiger partial charge in [0, 0.05) is 4.90 Å². The van der Waals surface area contributed by atoms with E-state index in [0.717, 1.165) is 0 Å². The number of thioether (sulfide) groups is 1. The fourth-order valence-corrected chi connectivity index (χ4v) is 2.31. The average Bonchev–Trinajstić information content (AvgIpc) is 2.32. The molecular weight excluding hydrogens is 291 g/mol. The number of alkyl halides is 3. The van der Waals surface area contributed by atoms with Gasteiger partial charge in [-0.25, -0.2) is 0 Å². The summed E-state index contributed by atoms with van der Waals surface area (Å²) in [4.78, 5) is 11.4. The topological polar surface area (TPSA) is 50.1 Å². The normalized spacial score (nSPS) is 11.0. The Hall–Kier alpha value is -1.68. The zero-order valence-corrected chi connectivity index (χ0v) is 11.7. The van der Waals surface area contributed by atoms with Crippen molar-refractivity contribution in [3.05, 3.63) is 28.8 Å². The molecule has 0 radical (unpaired) electrons. The quantitative estimate of drug-likeness (QED) is 0.630. The highest BCUT2D eigenvalue weighted by atomic mass is 32.2. The lowest BCUT2D eigenvalue weighted by atomic mass is 10.0. The van der Waals surface area contributed by atoms with Crippen LogP contribution in [0.1, 0.15) is 23.6 Å². The van der Waals surface area contributed by atoms with Crippen LogP contribution in [0.3, 0.4) is 0 Å². The van der Waals surface area contributed by atoms with Gasteiger partial charge in [0.1, 0.15) is 0 Å². The highest BCUT2D eigenvalue weighted by Gasteiger charge is 2.30. The number of hydrogen-bond donors (Lipinski definition) is 0. The van der Waals surface area contributed by atoms with Crippen LogP contribution in [0, 0.1) is 18.3 Å². The van der Waals surface area contributed by atoms with Crippen molar-refractivity contribution in [2.24, 2.45) is 0 Å². The minimum Gasteiger partial charge on any atom is -0.466 e. The van der Waals surface area contributed by atoms with Crippen LogP contribution in [-0.2, 0) is 16.0 Å². The van der Waals surface area contributed by atoms with E-state index in [1.165, 1.54) is 19.1 Å². The minimum absolute atomic E-state index is 0.0733. The van der Waals surface area contributed by atoms with E-state index in [9.17, 15) is 18.0 Å². The molecule has 0 saturated heterocycles. The maximum absolute atomic E-state index is 12.5. The number of halogens is 3. The van der Waals surface area contributed by atoms with E-state index in [1.54, 1.807) is 13.0 Å². The van der Waals surface area contributed by atoms with Gasteiger partial charge >= 0.3 is 11.5 Å². The van der Waals surface area contributed by atoms with Crippen molar-refractivity contribution in [3.63, 3.8) is 0 Å². The molecule has 0 unspecified atom stereocenters. The molecule has 0 aliphatic rings. The number of rotatable bonds is 4. The maximum Gasteiger partial charge on any atom is 0.446 e. The van der Waals surface area contributed by atoms with Crippen LogP contribution in [0.5, 0.6) is 0 Å². The zero-order valence-electron chi connectivity index (χ0n) is 10.9. The molecule has 1 aromatic carbocycles. The van der Waals surface area contributed by atoms with E-state index in [-0.39, 0.29) is 35.2 Å². The smallest absolute Gasteiger partial charge is 0.446 e. The molecule has 0 aliphatic heterocycles. The third-order valence-corrected chi connectivity index (χ3v) is 3.34. The molecule has 1 rings (SSSR count). The molecule has 0 aliphatic carbocycles. The van der Waals surface area contributed by atoms with Gasteiger partial charge in [0.25, 0.3) is 0 Å². The number of esters is 1. The summed E-state index contributed by atoms with van der Waals surface area (Å²) < 4.78 is 42.1. The van der Waals surface area contributed by atoms with Crippen molar-refractivity contribution in [2.75, 3.05) is 6.61 Å². The fourth-order valence-electron chi connectivity index (χ4n) is 1.59. The maximum atomic E-state index is 12.5. The van der Waals surface area contributed by atoms with E-state index < -0.39 is 11.5 Å². The molecule has 20 heavy (non-hydrogen) atoms. The Morgan fingerprint density at radius 1 is 1.45 bits per heavy atom. The molecule has 0 saturated carbocycles. The molecule has 7 heteroatoms. The van der Waals surface area contributed by atoms with Gasteiger partial charge in [-0.3, -0.25) is 4.79 Å². The first kappa shape index (κ1) is 16.4. The fraction of sp³-hybridized carbons (Fsp3) is 0.385. The van der Waals surface area contributed by atoms with Crippen molar-refractivity contribution in [1.29, 1.82) is 5.26 Å². The molecule has 0 aromatic heterocycles. The Bertz CT molecular complexity index is 550. The monoisotopic (exact) mass is 303 g/mol. The summed E-state index contributed by atoms with van der Waals surface area (Å²) in [6.45, 7) is 3.32. The Labute approximate surface area is 118 Å². The molecule has 3 nitrogen and oxygen atoms in total. The van der Waals surface area contributed by atoms with Crippen LogP contribution in [0.4, 0.5) is 13.2 Å². The lowest BCUT2D eigenvalue weighted by Gasteiger charge is -2.13. The molecule has 0 atom stereocenters. The van der Waals surface area contributed by atoms with Gasteiger partial charge in [0.2, 0.25) is 0 Å². The number of carbonyl (C=O) groups is 1. The van der Waals surface area contributed by atoms with Gasteiger partial charge in [-0.15, -0.1) is 0 Å². The first-order chi connectivity index (χ1) is 9.26. The van der Waals surface area contributed by atoms with Gasteiger partial charge in [0.15, 0.2) is 0 Å². The molecule has 0 heterocycles. The second-order valence-corrected chi connectivity index (χ2v) is 5.01. The molecule has 1 aromatic rings. The van der Waals surface area contributed by atoms with Gasteiger partial charge in [-0.1, -0.05) is 0 Å². The van der Waals surface area contributed by atoms with Crippen molar-refractivity contribution >= 4 is 17.7 Å². The number of nitrogens with zero attached hydrogens (tertiary/aromatic N) is 1. The molecule has 0 N–H and O–H groups in total. The van der Waals surface area contributed by atoms with Gasteiger partial charge in [-0.2, -0.15) is 18.4 Å². The summed E-state index contributed by atoms with van der Waals surface area (Å²) >= 11 is -0.292. The van der Waals surface area contributed by atoms with Gasteiger partial charge in [0.05, 0.1) is 24.7 Å². The second kappa shape index (κ2) is 6.66. The Morgan fingerprint density at radius 2 is 2.10 bits per heavy atom. The third kappa shape index (κ3) is 4.78. The van der Waals surface area contributed by atoms with E-state index in [1.807, 2.05) is 0 Å². The lowest BCUT2D eigenvalue weighted by molar-refractivity contribution is -0.142. The van der Waals surface area contributed by atoms with Crippen molar-refractivity contribution in [3.8, 4) is 6.07 Å². The molecule has 108 valence electrons. The van der Waals surface area contributed by atoms with E-state index in [0.29, 0.717) is 11.1 Å². The van der Waals surface area contributed by atoms with E-state index >= 15 is 0 Å². The van der Waals surface area contributed by atoms with Crippen LogP contribution in [0.2, 0.25) is 0 Å². The van der Waals surface area contributed by atoms with E-state index in [4.69, 9.17) is 10.00 Å². The van der Waals surface area contributed by atoms with Crippen molar-refractivity contribution in [2.45, 2.75) is 30.7 Å². The highest BCUT2D eigenvalue weighted by Crippen LogP contribution is 2.39. The summed E-state index contributed by atoms with van der Waals surface area (Å²) in [5, 5.41) is 8.86. The van der Waals surface area contributed by atoms with Crippen LogP contribution in [-0.4, -0.2) is 18.1 Å². The average molecular weight is 303 g/mol. The van der Waals surface area contributed by atoms with Crippen LogP contribution >= 0.6 is 11.8 Å². The zero-order chi connectivity index (χ0) is 15.3. The van der Waals surface area contributed by atoms with Gasteiger partial charge < -0.3 is 4.74 Å².